The van der Waals surface area contributed by atoms with Crippen LogP contribution in [0, 0.1) is 18.3 Å². The molecule has 3 rings (SSSR count). The maximum atomic E-state index is 12.8. The van der Waals surface area contributed by atoms with Gasteiger partial charge in [0, 0.05) is 18.1 Å². The molecule has 2 aromatic heterocycles. The van der Waals surface area contributed by atoms with E-state index >= 15 is 0 Å². The second-order valence-electron chi connectivity index (χ2n) is 7.35. The number of anilines is 1. The fourth-order valence-electron chi connectivity index (χ4n) is 3.30. The van der Waals surface area contributed by atoms with Gasteiger partial charge in [-0.05, 0) is 49.9 Å². The van der Waals surface area contributed by atoms with Crippen LogP contribution in [-0.4, -0.2) is 22.5 Å². The number of amides is 1. The molecule has 0 radical (unpaired) electrons. The lowest BCUT2D eigenvalue weighted by atomic mass is 9.97. The van der Waals surface area contributed by atoms with Crippen molar-refractivity contribution in [1.29, 1.82) is 5.26 Å². The minimum absolute atomic E-state index is 0.0193. The molecule has 0 saturated carbocycles. The van der Waals surface area contributed by atoms with Crippen LogP contribution >= 0.6 is 0 Å². The van der Waals surface area contributed by atoms with E-state index in [4.69, 9.17) is 9.15 Å². The van der Waals surface area contributed by atoms with Crippen molar-refractivity contribution in [2.75, 3.05) is 5.32 Å². The Morgan fingerprint density at radius 2 is 1.87 bits per heavy atom. The molecule has 0 aliphatic carbocycles. The van der Waals surface area contributed by atoms with Gasteiger partial charge in [0.05, 0.1) is 0 Å². The molecule has 1 aromatic carbocycles. The number of nitrogens with one attached hydrogen (secondary N) is 1. The second kappa shape index (κ2) is 9.35. The average molecular weight is 419 g/mol. The van der Waals surface area contributed by atoms with Gasteiger partial charge in [-0.3, -0.25) is 9.36 Å². The molecule has 31 heavy (non-hydrogen) atoms. The Kier molecular flexibility index (Phi) is 6.61. The van der Waals surface area contributed by atoms with Gasteiger partial charge in [0.1, 0.15) is 23.0 Å². The summed E-state index contributed by atoms with van der Waals surface area (Å²) in [6, 6.07) is 13.1. The standard InChI is InChI=1S/C24H25N3O4/c1-5-15(2)18-10-6-7-11-20(18)26-22(28)17(4)31-24(29)21-16(3)30-23(19(21)14-25)27-12-8-9-13-27/h6-13,15,17H,5H2,1-4H3,(H,26,28)/t15-,17-/m1/s1. The van der Waals surface area contributed by atoms with Gasteiger partial charge in [0.15, 0.2) is 6.10 Å². The molecule has 0 saturated heterocycles. The number of aryl methyl sites for hydroxylation is 1. The quantitative estimate of drug-likeness (QED) is 0.547. The van der Waals surface area contributed by atoms with Crippen LogP contribution in [-0.2, 0) is 9.53 Å². The van der Waals surface area contributed by atoms with E-state index < -0.39 is 18.0 Å². The third kappa shape index (κ3) is 4.53. The normalized spacial score (nSPS) is 12.6. The molecule has 160 valence electrons. The van der Waals surface area contributed by atoms with Crippen LogP contribution in [0.25, 0.3) is 5.88 Å². The third-order valence-electron chi connectivity index (χ3n) is 5.24. The number of hydrogen-bond donors (Lipinski definition) is 1. The van der Waals surface area contributed by atoms with Crippen molar-refractivity contribution in [2.45, 2.75) is 46.1 Å². The zero-order valence-corrected chi connectivity index (χ0v) is 18.0. The molecule has 0 spiro atoms. The van der Waals surface area contributed by atoms with Crippen LogP contribution in [0.1, 0.15) is 60.4 Å². The van der Waals surface area contributed by atoms with Gasteiger partial charge in [-0.25, -0.2) is 4.79 Å². The van der Waals surface area contributed by atoms with E-state index in [2.05, 4.69) is 19.2 Å². The van der Waals surface area contributed by atoms with Crippen molar-refractivity contribution in [2.24, 2.45) is 0 Å². The van der Waals surface area contributed by atoms with Crippen LogP contribution in [0.4, 0.5) is 5.69 Å². The lowest BCUT2D eigenvalue weighted by Crippen LogP contribution is -2.30. The van der Waals surface area contributed by atoms with Crippen LogP contribution in [0.5, 0.6) is 0 Å². The number of para-hydroxylation sites is 1. The summed E-state index contributed by atoms with van der Waals surface area (Å²) in [5.74, 6) is -0.479. The lowest BCUT2D eigenvalue weighted by molar-refractivity contribution is -0.123. The number of nitriles is 1. The third-order valence-corrected chi connectivity index (χ3v) is 5.24. The number of benzene rings is 1. The van der Waals surface area contributed by atoms with E-state index in [0.717, 1.165) is 12.0 Å². The molecule has 3 aromatic rings. The summed E-state index contributed by atoms with van der Waals surface area (Å²) in [4.78, 5) is 25.5. The Morgan fingerprint density at radius 3 is 2.52 bits per heavy atom. The van der Waals surface area contributed by atoms with E-state index in [0.29, 0.717) is 5.69 Å². The smallest absolute Gasteiger partial charge is 0.343 e. The minimum Gasteiger partial charge on any atom is -0.449 e. The Hall–Kier alpha value is -3.79. The average Bonchev–Trinajstić information content (AvgIpc) is 3.40. The van der Waals surface area contributed by atoms with Gasteiger partial charge in [0.25, 0.3) is 5.91 Å². The first-order chi connectivity index (χ1) is 14.9. The molecule has 2 atom stereocenters. The first-order valence-corrected chi connectivity index (χ1v) is 10.1. The molecule has 1 amide bonds. The molecule has 7 heteroatoms. The largest absolute Gasteiger partial charge is 0.449 e. The van der Waals surface area contributed by atoms with Gasteiger partial charge >= 0.3 is 5.97 Å². The van der Waals surface area contributed by atoms with Crippen molar-refractivity contribution in [3.05, 3.63) is 71.2 Å². The molecule has 0 unspecified atom stereocenters. The number of esters is 1. The summed E-state index contributed by atoms with van der Waals surface area (Å²) >= 11 is 0. The summed E-state index contributed by atoms with van der Waals surface area (Å²) in [6.45, 7) is 7.24. The van der Waals surface area contributed by atoms with Crippen molar-refractivity contribution in [1.82, 2.24) is 4.57 Å². The van der Waals surface area contributed by atoms with E-state index in [1.165, 1.54) is 6.92 Å². The van der Waals surface area contributed by atoms with Crippen LogP contribution in [0.2, 0.25) is 0 Å². The van der Waals surface area contributed by atoms with Crippen molar-refractivity contribution in [3.8, 4) is 12.0 Å². The number of carbonyl (C=O) groups is 2. The molecule has 7 nitrogen and oxygen atoms in total. The summed E-state index contributed by atoms with van der Waals surface area (Å²) < 4.78 is 12.6. The van der Waals surface area contributed by atoms with Crippen LogP contribution < -0.4 is 5.32 Å². The van der Waals surface area contributed by atoms with E-state index in [-0.39, 0.29) is 28.7 Å². The second-order valence-corrected chi connectivity index (χ2v) is 7.35. The Balaban J connectivity index is 1.78. The lowest BCUT2D eigenvalue weighted by Gasteiger charge is -2.18. The summed E-state index contributed by atoms with van der Waals surface area (Å²) in [6.07, 6.45) is 3.28. The van der Waals surface area contributed by atoms with Crippen LogP contribution in [0.3, 0.4) is 0 Å². The molecule has 0 aliphatic rings. The molecule has 1 N–H and O–H groups in total. The van der Waals surface area contributed by atoms with Gasteiger partial charge in [-0.2, -0.15) is 5.26 Å². The van der Waals surface area contributed by atoms with Gasteiger partial charge < -0.3 is 14.5 Å². The van der Waals surface area contributed by atoms with E-state index in [1.54, 1.807) is 36.0 Å². The predicted molar refractivity (Wildman–Crippen MR) is 116 cm³/mol. The number of hydrogen-bond acceptors (Lipinski definition) is 5. The molecule has 2 heterocycles. The number of furan rings is 1. The number of nitrogens with zero attached hydrogens (tertiary/aromatic N) is 2. The number of rotatable bonds is 7. The van der Waals surface area contributed by atoms with Crippen molar-refractivity contribution in [3.63, 3.8) is 0 Å². The zero-order chi connectivity index (χ0) is 22.5. The molecule has 0 fully saturated rings. The van der Waals surface area contributed by atoms with Crippen molar-refractivity contribution < 1.29 is 18.7 Å². The van der Waals surface area contributed by atoms with Gasteiger partial charge in [-0.15, -0.1) is 0 Å². The first kappa shape index (κ1) is 21.9. The molecular formula is C24H25N3O4. The first-order valence-electron chi connectivity index (χ1n) is 10.1. The zero-order valence-electron chi connectivity index (χ0n) is 18.0. The monoisotopic (exact) mass is 419 g/mol. The molecular weight excluding hydrogens is 394 g/mol. The number of carbonyl (C=O) groups excluding carboxylic acids is 2. The summed E-state index contributed by atoms with van der Waals surface area (Å²) in [7, 11) is 0. The SMILES string of the molecule is CC[C@@H](C)c1ccccc1NC(=O)[C@@H](C)OC(=O)c1c(C)oc(-n2cccc2)c1C#N. The fraction of sp³-hybridized carbons (Fsp3) is 0.292. The number of aromatic nitrogens is 1. The van der Waals surface area contributed by atoms with Crippen molar-refractivity contribution >= 4 is 17.6 Å². The Morgan fingerprint density at radius 1 is 1.19 bits per heavy atom. The Bertz CT molecular complexity index is 1120. The number of ether oxygens (including phenoxy) is 1. The summed E-state index contributed by atoms with van der Waals surface area (Å²) in [5.41, 5.74) is 1.79. The highest BCUT2D eigenvalue weighted by Crippen LogP contribution is 2.28. The van der Waals surface area contributed by atoms with Gasteiger partial charge in [-0.1, -0.05) is 32.0 Å². The topological polar surface area (TPSA) is 97.3 Å². The predicted octanol–water partition coefficient (Wildman–Crippen LogP) is 4.95. The fourth-order valence-corrected chi connectivity index (χ4v) is 3.30. The summed E-state index contributed by atoms with van der Waals surface area (Å²) in [5, 5.41) is 12.4. The highest BCUT2D eigenvalue weighted by Gasteiger charge is 2.28. The maximum absolute atomic E-state index is 12.8. The van der Waals surface area contributed by atoms with E-state index in [9.17, 15) is 14.9 Å². The maximum Gasteiger partial charge on any atom is 0.343 e. The Labute approximate surface area is 181 Å². The van der Waals surface area contributed by atoms with E-state index in [1.807, 2.05) is 30.3 Å². The molecule has 0 bridgehead atoms. The minimum atomic E-state index is -1.06. The van der Waals surface area contributed by atoms with Crippen LogP contribution in [0.15, 0.2) is 53.2 Å². The highest BCUT2D eigenvalue weighted by molar-refractivity contribution is 5.99. The molecule has 0 aliphatic heterocycles. The highest BCUT2D eigenvalue weighted by atomic mass is 16.5. The van der Waals surface area contributed by atoms with Gasteiger partial charge in [0.2, 0.25) is 5.88 Å².